The first kappa shape index (κ1) is 22.3. The van der Waals surface area contributed by atoms with Gasteiger partial charge in [0.05, 0.1) is 11.7 Å². The van der Waals surface area contributed by atoms with Gasteiger partial charge in [-0.25, -0.2) is 8.42 Å². The van der Waals surface area contributed by atoms with E-state index in [0.29, 0.717) is 17.0 Å². The molecule has 2 heterocycles. The third-order valence-electron chi connectivity index (χ3n) is 5.34. The Bertz CT molecular complexity index is 1440. The van der Waals surface area contributed by atoms with Gasteiger partial charge >= 0.3 is 0 Å². The van der Waals surface area contributed by atoms with Crippen LogP contribution >= 0.6 is 11.7 Å². The van der Waals surface area contributed by atoms with Crippen LogP contribution in [0.5, 0.6) is 11.5 Å². The van der Waals surface area contributed by atoms with Crippen LogP contribution in [0.3, 0.4) is 0 Å². The fourth-order valence-corrected chi connectivity index (χ4v) is 5.61. The second-order valence-electron chi connectivity index (χ2n) is 7.66. The Kier molecular flexibility index (Phi) is 6.14. The van der Waals surface area contributed by atoms with Crippen molar-refractivity contribution in [1.29, 1.82) is 0 Å². The van der Waals surface area contributed by atoms with Crippen molar-refractivity contribution in [2.24, 2.45) is 0 Å². The molecule has 0 saturated heterocycles. The fraction of sp³-hybridized carbons (Fsp3) is 0.174. The zero-order chi connectivity index (χ0) is 23.5. The maximum Gasteiger partial charge on any atom is 0.243 e. The van der Waals surface area contributed by atoms with E-state index < -0.39 is 22.0 Å². The monoisotopic (exact) mass is 496 g/mol. The number of sulfonamides is 1. The van der Waals surface area contributed by atoms with Crippen LogP contribution in [-0.4, -0.2) is 35.9 Å². The molecule has 1 aromatic heterocycles. The van der Waals surface area contributed by atoms with Gasteiger partial charge in [-0.05, 0) is 41.8 Å². The number of amides is 1. The van der Waals surface area contributed by atoms with Crippen LogP contribution in [-0.2, 0) is 27.8 Å². The summed E-state index contributed by atoms with van der Waals surface area (Å²) in [4.78, 5) is 13.1. The summed E-state index contributed by atoms with van der Waals surface area (Å²) < 4.78 is 48.0. The van der Waals surface area contributed by atoms with E-state index in [4.69, 9.17) is 9.47 Å². The highest BCUT2D eigenvalue weighted by atomic mass is 32.2. The molecular weight excluding hydrogens is 476 g/mol. The molecule has 3 aromatic carbocycles. The van der Waals surface area contributed by atoms with Crippen molar-refractivity contribution in [3.05, 3.63) is 77.9 Å². The van der Waals surface area contributed by atoms with Crippen molar-refractivity contribution < 1.29 is 22.7 Å². The summed E-state index contributed by atoms with van der Waals surface area (Å²) in [5.74, 6) is 0.808. The minimum Gasteiger partial charge on any atom is -0.454 e. The normalized spacial score (nSPS) is 13.6. The Balaban J connectivity index is 1.37. The Labute approximate surface area is 200 Å². The van der Waals surface area contributed by atoms with Crippen molar-refractivity contribution in [3.63, 3.8) is 0 Å². The van der Waals surface area contributed by atoms with Gasteiger partial charge in [-0.3, -0.25) is 4.79 Å². The summed E-state index contributed by atoms with van der Waals surface area (Å²) in [5, 5.41) is 2.83. The average molecular weight is 497 g/mol. The molecule has 1 atom stereocenters. The lowest BCUT2D eigenvalue weighted by molar-refractivity contribution is -0.122. The number of fused-ring (bicyclic) bond motifs is 2. The first-order valence-corrected chi connectivity index (χ1v) is 12.6. The fourth-order valence-electron chi connectivity index (χ4n) is 3.65. The molecule has 0 fully saturated rings. The summed E-state index contributed by atoms with van der Waals surface area (Å²) in [6.07, 6.45) is 0.179. The van der Waals surface area contributed by atoms with Crippen molar-refractivity contribution >= 4 is 38.7 Å². The van der Waals surface area contributed by atoms with Gasteiger partial charge in [-0.1, -0.05) is 42.5 Å². The van der Waals surface area contributed by atoms with E-state index in [1.807, 2.05) is 36.4 Å². The maximum atomic E-state index is 13.3. The summed E-state index contributed by atoms with van der Waals surface area (Å²) in [5.41, 5.74) is 2.39. The lowest BCUT2D eigenvalue weighted by atomic mass is 10.1. The van der Waals surface area contributed by atoms with E-state index >= 15 is 0 Å². The van der Waals surface area contributed by atoms with Crippen LogP contribution in [0.15, 0.2) is 71.6 Å². The van der Waals surface area contributed by atoms with Gasteiger partial charge in [-0.2, -0.15) is 13.5 Å². The van der Waals surface area contributed by atoms with Crippen molar-refractivity contribution in [3.8, 4) is 11.5 Å². The maximum absolute atomic E-state index is 13.3. The van der Waals surface area contributed by atoms with Crippen LogP contribution in [0.2, 0.25) is 0 Å². The van der Waals surface area contributed by atoms with Crippen molar-refractivity contribution in [1.82, 2.24) is 18.8 Å². The van der Waals surface area contributed by atoms with Crippen LogP contribution in [0.1, 0.15) is 11.1 Å². The Hall–Kier alpha value is -3.54. The summed E-state index contributed by atoms with van der Waals surface area (Å²) >= 11 is 0.934. The number of nitrogens with zero attached hydrogens (tertiary/aromatic N) is 2. The Morgan fingerprint density at radius 2 is 1.79 bits per heavy atom. The summed E-state index contributed by atoms with van der Waals surface area (Å²) in [7, 11) is -4.06. The molecule has 11 heteroatoms. The topological polar surface area (TPSA) is 120 Å². The second kappa shape index (κ2) is 9.37. The van der Waals surface area contributed by atoms with E-state index in [-0.39, 0.29) is 30.2 Å². The minimum absolute atomic E-state index is 0.0135. The number of rotatable bonds is 8. The van der Waals surface area contributed by atoms with Gasteiger partial charge in [0.15, 0.2) is 11.5 Å². The molecule has 0 aliphatic carbocycles. The van der Waals surface area contributed by atoms with Gasteiger partial charge in [0, 0.05) is 6.54 Å². The third-order valence-corrected chi connectivity index (χ3v) is 7.38. The molecular formula is C23H20N4O5S2. The van der Waals surface area contributed by atoms with Crippen LogP contribution in [0.4, 0.5) is 0 Å². The first-order chi connectivity index (χ1) is 16.5. The molecule has 1 aliphatic heterocycles. The summed E-state index contributed by atoms with van der Waals surface area (Å²) in [6.45, 7) is 0.363. The molecule has 0 spiro atoms. The molecule has 2 N–H and O–H groups in total. The highest BCUT2D eigenvalue weighted by Gasteiger charge is 2.28. The van der Waals surface area contributed by atoms with Crippen LogP contribution < -0.4 is 19.5 Å². The molecule has 0 unspecified atom stereocenters. The quantitative estimate of drug-likeness (QED) is 0.385. The van der Waals surface area contributed by atoms with E-state index in [1.54, 1.807) is 24.3 Å². The van der Waals surface area contributed by atoms with E-state index in [1.165, 1.54) is 6.07 Å². The zero-order valence-corrected chi connectivity index (χ0v) is 19.4. The first-order valence-electron chi connectivity index (χ1n) is 10.4. The molecule has 0 bridgehead atoms. The Morgan fingerprint density at radius 1 is 0.971 bits per heavy atom. The Morgan fingerprint density at radius 3 is 2.65 bits per heavy atom. The van der Waals surface area contributed by atoms with Crippen molar-refractivity contribution in [2.75, 3.05) is 6.79 Å². The molecule has 0 saturated carbocycles. The predicted molar refractivity (Wildman–Crippen MR) is 126 cm³/mol. The SMILES string of the molecule is O=C(NCc1ccc2c(c1)OCO2)[C@H](Cc1ccccc1)NS(=O)(=O)c1cccc2nsnc12. The number of benzene rings is 3. The number of carbonyl (C=O) groups excluding carboxylic acids is 1. The highest BCUT2D eigenvalue weighted by Crippen LogP contribution is 2.32. The van der Waals surface area contributed by atoms with Crippen LogP contribution in [0.25, 0.3) is 11.0 Å². The largest absolute Gasteiger partial charge is 0.454 e. The van der Waals surface area contributed by atoms with E-state index in [2.05, 4.69) is 18.8 Å². The molecule has 1 aliphatic rings. The predicted octanol–water partition coefficient (Wildman–Crippen LogP) is 2.63. The average Bonchev–Trinajstić information content (AvgIpc) is 3.51. The van der Waals surface area contributed by atoms with E-state index in [9.17, 15) is 13.2 Å². The number of nitrogens with one attached hydrogen (secondary N) is 2. The smallest absolute Gasteiger partial charge is 0.243 e. The standard InChI is InChI=1S/C23H20N4O5S2/c28-23(24-13-16-9-10-19-20(12-16)32-14-31-19)18(11-15-5-2-1-3-6-15)27-34(29,30)21-8-4-7-17-22(21)26-33-25-17/h1-10,12,18,27H,11,13-14H2,(H,24,28)/t18-/m0/s1. The van der Waals surface area contributed by atoms with E-state index in [0.717, 1.165) is 22.9 Å². The van der Waals surface area contributed by atoms with Gasteiger partial charge in [-0.15, -0.1) is 0 Å². The second-order valence-corrected chi connectivity index (χ2v) is 9.87. The number of hydrogen-bond donors (Lipinski definition) is 2. The van der Waals surface area contributed by atoms with Gasteiger partial charge in [0.2, 0.25) is 22.7 Å². The molecule has 0 radical (unpaired) electrons. The highest BCUT2D eigenvalue weighted by molar-refractivity contribution is 7.89. The number of ether oxygens (including phenoxy) is 2. The molecule has 9 nitrogen and oxygen atoms in total. The van der Waals surface area contributed by atoms with Crippen LogP contribution in [0, 0.1) is 0 Å². The third kappa shape index (κ3) is 4.72. The molecule has 1 amide bonds. The lowest BCUT2D eigenvalue weighted by Crippen LogP contribution is -2.47. The molecule has 5 rings (SSSR count). The minimum atomic E-state index is -4.06. The molecule has 34 heavy (non-hydrogen) atoms. The number of aromatic nitrogens is 2. The van der Waals surface area contributed by atoms with Gasteiger partial charge in [0.1, 0.15) is 22.0 Å². The summed E-state index contributed by atoms with van der Waals surface area (Å²) in [6, 6.07) is 18.3. The van der Waals surface area contributed by atoms with Gasteiger partial charge in [0.25, 0.3) is 0 Å². The molecule has 4 aromatic rings. The lowest BCUT2D eigenvalue weighted by Gasteiger charge is -2.19. The van der Waals surface area contributed by atoms with Crippen molar-refractivity contribution in [2.45, 2.75) is 23.9 Å². The molecule has 174 valence electrons. The number of hydrogen-bond acceptors (Lipinski definition) is 8. The zero-order valence-electron chi connectivity index (χ0n) is 17.8. The van der Waals surface area contributed by atoms with Gasteiger partial charge < -0.3 is 14.8 Å². The number of carbonyl (C=O) groups is 1.